The first-order chi connectivity index (χ1) is 22.6. The minimum absolute atomic E-state index is 0.184. The lowest BCUT2D eigenvalue weighted by Gasteiger charge is -2.32. The molecule has 47 heavy (non-hydrogen) atoms. The Morgan fingerprint density at radius 2 is 1.66 bits per heavy atom. The van der Waals surface area contributed by atoms with Gasteiger partial charge in [0.1, 0.15) is 17.7 Å². The van der Waals surface area contributed by atoms with Crippen molar-refractivity contribution < 1.29 is 9.53 Å². The highest BCUT2D eigenvalue weighted by Gasteiger charge is 2.30. The first kappa shape index (κ1) is 30.5. The molecule has 9 nitrogen and oxygen atoms in total. The number of pyridine rings is 1. The van der Waals surface area contributed by atoms with Crippen molar-refractivity contribution in [2.24, 2.45) is 0 Å². The number of halogens is 1. The molecule has 2 N–H and O–H groups in total. The molecule has 2 atom stereocenters. The Morgan fingerprint density at radius 1 is 0.915 bits per heavy atom. The van der Waals surface area contributed by atoms with Gasteiger partial charge in [-0.1, -0.05) is 86.5 Å². The molecule has 6 aromatic rings. The third-order valence-electron chi connectivity index (χ3n) is 8.51. The monoisotopic (exact) mass is 645 g/mol. The molecule has 1 aliphatic carbocycles. The zero-order valence-corrected chi connectivity index (χ0v) is 27.5. The standard InChI is InChI=1S/C37H36ClN7O2/c1-23-13-15-24(16-14-23)45-34(21-32(43-45)37(2,3)4)40-36(46)39-30-18-19-31(27-10-6-5-9-26(27)30)47-25-17-20-33-41-42-35(44(33)22-25)28-11-7-8-12-29(28)38/h5-17,20-22,30-31H,18-19H2,1-4H3,(H2,39,40,46). The molecule has 0 radical (unpaired) electrons. The Morgan fingerprint density at radius 3 is 2.43 bits per heavy atom. The number of nitrogens with one attached hydrogen (secondary N) is 2. The van der Waals surface area contributed by atoms with Crippen LogP contribution in [0.4, 0.5) is 10.6 Å². The van der Waals surface area contributed by atoms with Crippen LogP contribution in [0.1, 0.15) is 68.1 Å². The van der Waals surface area contributed by atoms with Gasteiger partial charge in [0.2, 0.25) is 0 Å². The predicted molar refractivity (Wildman–Crippen MR) is 184 cm³/mol. The number of ether oxygens (including phenoxy) is 1. The molecule has 3 heterocycles. The maximum absolute atomic E-state index is 13.5. The second-order valence-corrected chi connectivity index (χ2v) is 13.4. The van der Waals surface area contributed by atoms with E-state index >= 15 is 0 Å². The number of hydrogen-bond acceptors (Lipinski definition) is 5. The normalized spacial score (nSPS) is 16.1. The number of carbonyl (C=O) groups is 1. The van der Waals surface area contributed by atoms with Crippen molar-refractivity contribution in [3.8, 4) is 22.8 Å². The third-order valence-corrected chi connectivity index (χ3v) is 8.84. The van der Waals surface area contributed by atoms with Crippen molar-refractivity contribution in [3.05, 3.63) is 125 Å². The number of nitrogens with zero attached hydrogens (tertiary/aromatic N) is 5. The lowest BCUT2D eigenvalue weighted by atomic mass is 9.85. The zero-order chi connectivity index (χ0) is 32.7. The summed E-state index contributed by atoms with van der Waals surface area (Å²) in [5.74, 6) is 1.95. The molecule has 0 saturated heterocycles. The van der Waals surface area contributed by atoms with E-state index < -0.39 is 0 Å². The molecule has 10 heteroatoms. The Kier molecular flexibility index (Phi) is 7.93. The van der Waals surface area contributed by atoms with Crippen LogP contribution in [0.2, 0.25) is 5.02 Å². The number of rotatable bonds is 6. The highest BCUT2D eigenvalue weighted by atomic mass is 35.5. The molecule has 7 rings (SSSR count). The van der Waals surface area contributed by atoms with Crippen molar-refractivity contribution in [1.82, 2.24) is 29.7 Å². The lowest BCUT2D eigenvalue weighted by molar-refractivity contribution is 0.171. The van der Waals surface area contributed by atoms with Crippen LogP contribution in [0.15, 0.2) is 97.2 Å². The van der Waals surface area contributed by atoms with Gasteiger partial charge >= 0.3 is 6.03 Å². The Hall–Kier alpha value is -5.15. The number of amides is 2. The second kappa shape index (κ2) is 12.2. The molecular weight excluding hydrogens is 610 g/mol. The van der Waals surface area contributed by atoms with Crippen molar-refractivity contribution in [1.29, 1.82) is 0 Å². The number of anilines is 1. The first-order valence-corrected chi connectivity index (χ1v) is 16.1. The molecule has 0 bridgehead atoms. The average molecular weight is 646 g/mol. The van der Waals surface area contributed by atoms with Crippen molar-refractivity contribution in [2.75, 3.05) is 5.32 Å². The van der Waals surface area contributed by atoms with E-state index in [2.05, 4.69) is 53.7 Å². The first-order valence-electron chi connectivity index (χ1n) is 15.7. The molecule has 0 aliphatic heterocycles. The summed E-state index contributed by atoms with van der Waals surface area (Å²) in [4.78, 5) is 13.5. The molecule has 3 aromatic carbocycles. The zero-order valence-electron chi connectivity index (χ0n) is 26.7. The van der Waals surface area contributed by atoms with Crippen LogP contribution >= 0.6 is 11.6 Å². The number of fused-ring (bicyclic) bond motifs is 2. The number of aromatic nitrogens is 5. The minimum Gasteiger partial charge on any atom is -0.484 e. The average Bonchev–Trinajstić information content (AvgIpc) is 3.67. The van der Waals surface area contributed by atoms with Crippen LogP contribution in [-0.2, 0) is 5.41 Å². The molecule has 238 valence electrons. The van der Waals surface area contributed by atoms with Gasteiger partial charge in [0.05, 0.1) is 28.6 Å². The van der Waals surface area contributed by atoms with E-state index in [0.717, 1.165) is 40.1 Å². The van der Waals surface area contributed by atoms with Gasteiger partial charge in [0.15, 0.2) is 11.5 Å². The van der Waals surface area contributed by atoms with E-state index in [1.54, 1.807) is 4.68 Å². The highest BCUT2D eigenvalue weighted by Crippen LogP contribution is 2.39. The maximum atomic E-state index is 13.5. The van der Waals surface area contributed by atoms with Gasteiger partial charge in [-0.15, -0.1) is 10.2 Å². The molecular formula is C37H36ClN7O2. The van der Waals surface area contributed by atoms with Gasteiger partial charge < -0.3 is 10.1 Å². The number of hydrogen-bond donors (Lipinski definition) is 2. The van der Waals surface area contributed by atoms with Gasteiger partial charge in [-0.25, -0.2) is 9.48 Å². The largest absolute Gasteiger partial charge is 0.484 e. The molecule has 2 unspecified atom stereocenters. The molecule has 2 amide bonds. The van der Waals surface area contributed by atoms with Gasteiger partial charge in [-0.3, -0.25) is 9.72 Å². The van der Waals surface area contributed by atoms with Crippen LogP contribution in [0.3, 0.4) is 0 Å². The van der Waals surface area contributed by atoms with Crippen LogP contribution in [0, 0.1) is 6.92 Å². The summed E-state index contributed by atoms with van der Waals surface area (Å²) >= 11 is 6.47. The predicted octanol–water partition coefficient (Wildman–Crippen LogP) is 8.62. The number of carbonyl (C=O) groups excluding carboxylic acids is 1. The van der Waals surface area contributed by atoms with Crippen molar-refractivity contribution in [2.45, 2.75) is 58.1 Å². The van der Waals surface area contributed by atoms with Gasteiger partial charge in [-0.2, -0.15) is 5.10 Å². The molecule has 3 aromatic heterocycles. The van der Waals surface area contributed by atoms with E-state index in [4.69, 9.17) is 21.4 Å². The topological polar surface area (TPSA) is 98.4 Å². The maximum Gasteiger partial charge on any atom is 0.320 e. The Bertz CT molecular complexity index is 2080. The van der Waals surface area contributed by atoms with Gasteiger partial charge in [0.25, 0.3) is 0 Å². The van der Waals surface area contributed by atoms with E-state index in [9.17, 15) is 4.79 Å². The van der Waals surface area contributed by atoms with Crippen LogP contribution in [0.25, 0.3) is 22.7 Å². The number of urea groups is 1. The minimum atomic E-state index is -0.289. The highest BCUT2D eigenvalue weighted by molar-refractivity contribution is 6.33. The summed E-state index contributed by atoms with van der Waals surface area (Å²) in [6.07, 6.45) is 3.13. The fraction of sp³-hybridized carbons (Fsp3) is 0.243. The smallest absolute Gasteiger partial charge is 0.320 e. The fourth-order valence-electron chi connectivity index (χ4n) is 5.98. The van der Waals surface area contributed by atoms with Crippen LogP contribution in [0.5, 0.6) is 5.75 Å². The summed E-state index contributed by atoms with van der Waals surface area (Å²) in [5, 5.41) is 20.4. The van der Waals surface area contributed by atoms with Crippen LogP contribution < -0.4 is 15.4 Å². The van der Waals surface area contributed by atoms with Crippen molar-refractivity contribution >= 4 is 29.1 Å². The van der Waals surface area contributed by atoms with Crippen LogP contribution in [-0.4, -0.2) is 30.4 Å². The van der Waals surface area contributed by atoms with Crippen molar-refractivity contribution in [3.63, 3.8) is 0 Å². The summed E-state index contributed by atoms with van der Waals surface area (Å²) in [6.45, 7) is 8.38. The summed E-state index contributed by atoms with van der Waals surface area (Å²) in [6, 6.07) is 29.1. The van der Waals surface area contributed by atoms with Gasteiger partial charge in [-0.05, 0) is 67.3 Å². The van der Waals surface area contributed by atoms with E-state index in [0.29, 0.717) is 34.5 Å². The van der Waals surface area contributed by atoms with E-state index in [1.165, 1.54) is 0 Å². The lowest BCUT2D eigenvalue weighted by Crippen LogP contribution is -2.36. The molecule has 0 saturated carbocycles. The summed E-state index contributed by atoms with van der Waals surface area (Å²) < 4.78 is 10.3. The Balaban J connectivity index is 1.10. The quantitative estimate of drug-likeness (QED) is 0.189. The molecule has 0 fully saturated rings. The summed E-state index contributed by atoms with van der Waals surface area (Å²) in [5.41, 5.74) is 6.31. The number of aryl methyl sites for hydroxylation is 1. The second-order valence-electron chi connectivity index (χ2n) is 13.0. The van der Waals surface area contributed by atoms with E-state index in [-0.39, 0.29) is 23.6 Å². The summed E-state index contributed by atoms with van der Waals surface area (Å²) in [7, 11) is 0. The van der Waals surface area contributed by atoms with E-state index in [1.807, 2.05) is 96.4 Å². The SMILES string of the molecule is Cc1ccc(-n2nc(C(C)(C)C)cc2NC(=O)NC2CCC(Oc3ccc4nnc(-c5ccccc5Cl)n4c3)c3ccccc32)cc1. The fourth-order valence-corrected chi connectivity index (χ4v) is 6.20. The molecule has 0 spiro atoms. The third kappa shape index (κ3) is 6.18. The van der Waals surface area contributed by atoms with Gasteiger partial charge in [0, 0.05) is 17.0 Å². The molecule has 1 aliphatic rings. The Labute approximate surface area is 278 Å². The number of benzene rings is 3.